The van der Waals surface area contributed by atoms with Gasteiger partial charge in [-0.3, -0.25) is 14.7 Å². The second kappa shape index (κ2) is 10.4. The summed E-state index contributed by atoms with van der Waals surface area (Å²) in [6.07, 6.45) is 6.36. The quantitative estimate of drug-likeness (QED) is 0.610. The zero-order valence-electron chi connectivity index (χ0n) is 19.9. The number of carbonyl (C=O) groups is 1. The summed E-state index contributed by atoms with van der Waals surface area (Å²) in [6, 6.07) is 15.4. The van der Waals surface area contributed by atoms with Crippen molar-refractivity contribution in [2.45, 2.75) is 84.8 Å². The first-order chi connectivity index (χ1) is 14.7. The second-order valence-electron chi connectivity index (χ2n) is 10.3. The lowest BCUT2D eigenvalue weighted by Crippen LogP contribution is -2.44. The monoisotopic (exact) mass is 421 g/mol. The van der Waals surface area contributed by atoms with Crippen LogP contribution >= 0.6 is 0 Å². The Morgan fingerprint density at radius 3 is 2.48 bits per heavy atom. The van der Waals surface area contributed by atoms with E-state index in [1.54, 1.807) is 0 Å². The van der Waals surface area contributed by atoms with Crippen molar-refractivity contribution in [2.75, 3.05) is 6.54 Å². The number of hydrogen-bond acceptors (Lipinski definition) is 3. The molecule has 1 saturated heterocycles. The van der Waals surface area contributed by atoms with Gasteiger partial charge in [0.25, 0.3) is 0 Å². The highest BCUT2D eigenvalue weighted by molar-refractivity contribution is 5.81. The Morgan fingerprint density at radius 2 is 1.87 bits per heavy atom. The molecule has 1 fully saturated rings. The Bertz CT molecular complexity index is 824. The summed E-state index contributed by atoms with van der Waals surface area (Å²) >= 11 is 0. The van der Waals surface area contributed by atoms with E-state index < -0.39 is 5.41 Å². The molecular weight excluding hydrogens is 382 g/mol. The molecule has 4 nitrogen and oxygen atoms in total. The molecular formula is C27H39N3O. The van der Waals surface area contributed by atoms with E-state index in [4.69, 9.17) is 0 Å². The molecule has 1 amide bonds. The number of nitrogens with one attached hydrogen (secondary N) is 1. The second-order valence-corrected chi connectivity index (χ2v) is 10.3. The van der Waals surface area contributed by atoms with Gasteiger partial charge < -0.3 is 5.32 Å². The van der Waals surface area contributed by atoms with Crippen LogP contribution in [-0.4, -0.2) is 28.4 Å². The highest BCUT2D eigenvalue weighted by Gasteiger charge is 2.30. The first-order valence-corrected chi connectivity index (χ1v) is 11.8. The van der Waals surface area contributed by atoms with Crippen molar-refractivity contribution in [1.82, 2.24) is 15.2 Å². The molecule has 1 N–H and O–H groups in total. The topological polar surface area (TPSA) is 45.2 Å². The molecule has 168 valence electrons. The van der Waals surface area contributed by atoms with Crippen molar-refractivity contribution in [3.05, 3.63) is 65.5 Å². The number of carbonyl (C=O) groups excluding carboxylic acids is 1. The fourth-order valence-corrected chi connectivity index (χ4v) is 4.26. The van der Waals surface area contributed by atoms with Crippen molar-refractivity contribution >= 4 is 5.91 Å². The minimum atomic E-state index is -0.419. The summed E-state index contributed by atoms with van der Waals surface area (Å²) in [5.74, 6) is 0.636. The van der Waals surface area contributed by atoms with Gasteiger partial charge >= 0.3 is 0 Å². The summed E-state index contributed by atoms with van der Waals surface area (Å²) in [4.78, 5) is 20.0. The smallest absolute Gasteiger partial charge is 0.225 e. The molecule has 1 aromatic heterocycles. The number of pyridine rings is 1. The minimum absolute atomic E-state index is 0.0677. The molecule has 1 aliphatic heterocycles. The van der Waals surface area contributed by atoms with E-state index in [9.17, 15) is 4.79 Å². The molecule has 0 bridgehead atoms. The molecule has 0 spiro atoms. The van der Waals surface area contributed by atoms with E-state index in [0.29, 0.717) is 12.0 Å². The van der Waals surface area contributed by atoms with E-state index in [2.05, 4.69) is 53.3 Å². The molecule has 0 saturated carbocycles. The summed E-state index contributed by atoms with van der Waals surface area (Å²) in [6.45, 7) is 12.4. The van der Waals surface area contributed by atoms with Crippen LogP contribution in [0.25, 0.3) is 0 Å². The Labute approximate surface area is 188 Å². The molecule has 0 aliphatic carbocycles. The van der Waals surface area contributed by atoms with Crippen LogP contribution in [0.3, 0.4) is 0 Å². The summed E-state index contributed by atoms with van der Waals surface area (Å²) in [7, 11) is 0. The van der Waals surface area contributed by atoms with Gasteiger partial charge in [-0.25, -0.2) is 0 Å². The first-order valence-electron chi connectivity index (χ1n) is 11.8. The predicted octanol–water partition coefficient (Wildman–Crippen LogP) is 5.85. The van der Waals surface area contributed by atoms with Crippen molar-refractivity contribution in [1.29, 1.82) is 0 Å². The number of amides is 1. The number of nitrogens with zero attached hydrogens (tertiary/aromatic N) is 2. The van der Waals surface area contributed by atoms with Gasteiger partial charge in [0, 0.05) is 24.2 Å². The minimum Gasteiger partial charge on any atom is -0.347 e. The van der Waals surface area contributed by atoms with Crippen molar-refractivity contribution < 1.29 is 4.79 Å². The zero-order valence-corrected chi connectivity index (χ0v) is 19.9. The highest BCUT2D eigenvalue weighted by Crippen LogP contribution is 2.29. The van der Waals surface area contributed by atoms with Crippen molar-refractivity contribution in [3.63, 3.8) is 0 Å². The fourth-order valence-electron chi connectivity index (χ4n) is 4.26. The van der Waals surface area contributed by atoms with Gasteiger partial charge in [0.05, 0.1) is 11.7 Å². The summed E-state index contributed by atoms with van der Waals surface area (Å²) in [5.41, 5.74) is 3.28. The van der Waals surface area contributed by atoms with Crippen LogP contribution < -0.4 is 5.32 Å². The van der Waals surface area contributed by atoms with E-state index in [0.717, 1.165) is 25.2 Å². The van der Waals surface area contributed by atoms with Crippen LogP contribution in [0, 0.1) is 5.41 Å². The van der Waals surface area contributed by atoms with Gasteiger partial charge in [-0.05, 0) is 55.0 Å². The average Bonchev–Trinajstić information content (AvgIpc) is 2.75. The zero-order chi connectivity index (χ0) is 22.4. The lowest BCUT2D eigenvalue weighted by molar-refractivity contribution is -0.129. The molecule has 2 unspecified atom stereocenters. The Balaban J connectivity index is 1.75. The third kappa shape index (κ3) is 6.64. The maximum Gasteiger partial charge on any atom is 0.225 e. The van der Waals surface area contributed by atoms with Gasteiger partial charge in [0.15, 0.2) is 0 Å². The third-order valence-corrected chi connectivity index (χ3v) is 6.32. The molecule has 0 radical (unpaired) electrons. The molecule has 1 aromatic carbocycles. The number of aromatic nitrogens is 1. The number of hydrogen-bond donors (Lipinski definition) is 1. The average molecular weight is 422 g/mol. The maximum absolute atomic E-state index is 12.8. The molecule has 31 heavy (non-hydrogen) atoms. The largest absolute Gasteiger partial charge is 0.347 e. The van der Waals surface area contributed by atoms with Crippen molar-refractivity contribution in [3.8, 4) is 0 Å². The number of likely N-dealkylation sites (tertiary alicyclic amines) is 1. The van der Waals surface area contributed by atoms with E-state index in [1.807, 2.05) is 45.2 Å². The van der Waals surface area contributed by atoms with E-state index in [1.165, 1.54) is 30.4 Å². The third-order valence-electron chi connectivity index (χ3n) is 6.32. The van der Waals surface area contributed by atoms with Gasteiger partial charge in [-0.2, -0.15) is 0 Å². The molecule has 2 atom stereocenters. The lowest BCUT2D eigenvalue weighted by atomic mass is 9.91. The molecule has 2 heterocycles. The Hall–Kier alpha value is -2.20. The maximum atomic E-state index is 12.8. The predicted molar refractivity (Wildman–Crippen MR) is 128 cm³/mol. The van der Waals surface area contributed by atoms with Crippen LogP contribution in [-0.2, 0) is 11.3 Å². The molecule has 4 heteroatoms. The van der Waals surface area contributed by atoms with Crippen LogP contribution in [0.2, 0.25) is 0 Å². The lowest BCUT2D eigenvalue weighted by Gasteiger charge is -2.38. The fraction of sp³-hybridized carbons (Fsp3) is 0.556. The highest BCUT2D eigenvalue weighted by atomic mass is 16.2. The summed E-state index contributed by atoms with van der Waals surface area (Å²) in [5, 5.41) is 3.30. The standard InChI is InChI=1S/C27H39N3O/c1-20(2)22-14-12-21(13-15-22)19-30-17-9-7-10-23(30)18-25(24-11-6-8-16-28-24)29-26(31)27(3,4)5/h6,8,11-16,20,23,25H,7,9-10,17-19H2,1-5H3,(H,29,31). The molecule has 3 rings (SSSR count). The number of rotatable bonds is 7. The Kier molecular flexibility index (Phi) is 7.88. The number of piperidine rings is 1. The van der Waals surface area contributed by atoms with Gasteiger partial charge in [-0.15, -0.1) is 0 Å². The van der Waals surface area contributed by atoms with Gasteiger partial charge in [0.1, 0.15) is 0 Å². The Morgan fingerprint density at radius 1 is 1.13 bits per heavy atom. The van der Waals surface area contributed by atoms with Crippen LogP contribution in [0.1, 0.15) is 89.1 Å². The van der Waals surface area contributed by atoms with Crippen molar-refractivity contribution in [2.24, 2.45) is 5.41 Å². The summed E-state index contributed by atoms with van der Waals surface area (Å²) < 4.78 is 0. The van der Waals surface area contributed by atoms with Gasteiger partial charge in [-0.1, -0.05) is 71.4 Å². The van der Waals surface area contributed by atoms with E-state index >= 15 is 0 Å². The SMILES string of the molecule is CC(C)c1ccc(CN2CCCCC2CC(NC(=O)C(C)(C)C)c2ccccn2)cc1. The first kappa shape index (κ1) is 23.5. The van der Waals surface area contributed by atoms with E-state index in [-0.39, 0.29) is 11.9 Å². The molecule has 1 aliphatic rings. The molecule has 2 aromatic rings. The number of benzene rings is 1. The normalized spacial score (nSPS) is 18.7. The van der Waals surface area contributed by atoms with Gasteiger partial charge in [0.2, 0.25) is 5.91 Å². The van der Waals surface area contributed by atoms with Crippen LogP contribution in [0.4, 0.5) is 0 Å². The van der Waals surface area contributed by atoms with Crippen LogP contribution in [0.5, 0.6) is 0 Å². The van der Waals surface area contributed by atoms with Crippen LogP contribution in [0.15, 0.2) is 48.7 Å².